The minimum absolute atomic E-state index is 0.173. The molecule has 3 heterocycles. The summed E-state index contributed by atoms with van der Waals surface area (Å²) in [5.41, 5.74) is 2.17. The number of hydrogen-bond acceptors (Lipinski definition) is 8. The predicted molar refractivity (Wildman–Crippen MR) is 131 cm³/mol. The van der Waals surface area contributed by atoms with E-state index in [4.69, 9.17) is 4.42 Å². The van der Waals surface area contributed by atoms with Crippen molar-refractivity contribution in [2.75, 3.05) is 16.8 Å². The summed E-state index contributed by atoms with van der Waals surface area (Å²) in [4.78, 5) is 28.9. The number of carbonyl (C=O) groups is 1. The number of Topliss-reactive ketones (excluding diaryl/α,β-unsaturated/α-hetero) is 1. The van der Waals surface area contributed by atoms with Crippen molar-refractivity contribution in [2.45, 2.75) is 38.6 Å². The Balaban J connectivity index is 1.38. The molecule has 3 aromatic heterocycles. The van der Waals surface area contributed by atoms with E-state index in [1.807, 2.05) is 52.7 Å². The monoisotopic (exact) mass is 459 g/mol. The molecule has 1 aliphatic rings. The molecule has 0 radical (unpaired) electrons. The summed E-state index contributed by atoms with van der Waals surface area (Å²) in [6, 6.07) is 14.3. The molecule has 0 atom stereocenters. The Bertz CT molecular complexity index is 1260. The third-order valence-electron chi connectivity index (χ3n) is 5.90. The maximum absolute atomic E-state index is 12.3. The van der Waals surface area contributed by atoms with Crippen LogP contribution in [-0.4, -0.2) is 32.8 Å². The van der Waals surface area contributed by atoms with Gasteiger partial charge in [-0.2, -0.15) is 0 Å². The molecule has 1 N–H and O–H groups in total. The molecule has 1 aromatic carbocycles. The first-order chi connectivity index (χ1) is 16.1. The number of hydrogen-bond donors (Lipinski definition) is 1. The number of rotatable bonds is 9. The second kappa shape index (κ2) is 8.78. The second-order valence-electron chi connectivity index (χ2n) is 8.20. The van der Waals surface area contributed by atoms with Gasteiger partial charge < -0.3 is 14.6 Å². The number of thiophene rings is 1. The summed E-state index contributed by atoms with van der Waals surface area (Å²) in [5, 5.41) is 5.31. The highest BCUT2D eigenvalue weighted by atomic mass is 32.1. The first kappa shape index (κ1) is 21.3. The minimum atomic E-state index is -0.452. The van der Waals surface area contributed by atoms with Crippen molar-refractivity contribution in [3.8, 4) is 21.9 Å². The standard InChI is InChI=1S/C25H25N5O2S/c1-3-13-30(25(10-11-25)17(2)31)24-27-16-21(32-24)18-6-4-7-19(15-18)28-23-26-12-9-20(29-23)22-8-5-14-33-22/h4-9,12,14-16H,3,10-11,13H2,1-2H3,(H,26,28,29). The SMILES string of the molecule is CCCN(c1ncc(-c2cccc(Nc3nccc(-c4cccs4)n3)c2)o1)C1(C(C)=O)CC1. The molecule has 0 amide bonds. The number of benzene rings is 1. The predicted octanol–water partition coefficient (Wildman–Crippen LogP) is 5.94. The highest BCUT2D eigenvalue weighted by Gasteiger charge is 2.53. The lowest BCUT2D eigenvalue weighted by molar-refractivity contribution is -0.119. The van der Waals surface area contributed by atoms with Crippen LogP contribution in [0.1, 0.15) is 33.1 Å². The Morgan fingerprint density at radius 2 is 2.09 bits per heavy atom. The van der Waals surface area contributed by atoms with Crippen LogP contribution in [0.2, 0.25) is 0 Å². The van der Waals surface area contributed by atoms with E-state index >= 15 is 0 Å². The van der Waals surface area contributed by atoms with Crippen LogP contribution in [0.3, 0.4) is 0 Å². The van der Waals surface area contributed by atoms with E-state index in [1.54, 1.807) is 30.7 Å². The van der Waals surface area contributed by atoms with Gasteiger partial charge in [-0.1, -0.05) is 25.1 Å². The van der Waals surface area contributed by atoms with Crippen molar-refractivity contribution in [1.82, 2.24) is 15.0 Å². The smallest absolute Gasteiger partial charge is 0.298 e. The lowest BCUT2D eigenvalue weighted by Gasteiger charge is -2.28. The normalized spacial score (nSPS) is 14.1. The molecule has 0 unspecified atom stereocenters. The second-order valence-corrected chi connectivity index (χ2v) is 9.14. The van der Waals surface area contributed by atoms with Gasteiger partial charge in [0.2, 0.25) is 5.95 Å². The molecular formula is C25H25N5O2S. The highest BCUT2D eigenvalue weighted by molar-refractivity contribution is 7.13. The van der Waals surface area contributed by atoms with E-state index in [0.29, 0.717) is 17.7 Å². The molecule has 7 nitrogen and oxygen atoms in total. The van der Waals surface area contributed by atoms with E-state index in [-0.39, 0.29) is 5.78 Å². The third kappa shape index (κ3) is 4.26. The number of anilines is 3. The van der Waals surface area contributed by atoms with Gasteiger partial charge in [-0.3, -0.25) is 4.79 Å². The molecule has 5 rings (SSSR count). The van der Waals surface area contributed by atoms with Crippen molar-refractivity contribution >= 4 is 34.8 Å². The van der Waals surface area contributed by atoms with E-state index in [0.717, 1.165) is 47.6 Å². The van der Waals surface area contributed by atoms with Crippen molar-refractivity contribution in [3.05, 3.63) is 60.2 Å². The van der Waals surface area contributed by atoms with Gasteiger partial charge in [0.15, 0.2) is 11.5 Å². The first-order valence-corrected chi connectivity index (χ1v) is 12.0. The number of ketones is 1. The average Bonchev–Trinajstić information content (AvgIpc) is 3.22. The van der Waals surface area contributed by atoms with Crippen molar-refractivity contribution in [2.24, 2.45) is 0 Å². The largest absolute Gasteiger partial charge is 0.423 e. The highest BCUT2D eigenvalue weighted by Crippen LogP contribution is 2.45. The lowest BCUT2D eigenvalue weighted by atomic mass is 10.1. The Hall–Kier alpha value is -3.52. The van der Waals surface area contributed by atoms with Crippen molar-refractivity contribution < 1.29 is 9.21 Å². The Morgan fingerprint density at radius 1 is 1.21 bits per heavy atom. The zero-order valence-corrected chi connectivity index (χ0v) is 19.4. The van der Waals surface area contributed by atoms with E-state index in [2.05, 4.69) is 27.2 Å². The molecule has 0 bridgehead atoms. The molecule has 1 saturated carbocycles. The average molecular weight is 460 g/mol. The van der Waals surface area contributed by atoms with Gasteiger partial charge in [-0.25, -0.2) is 15.0 Å². The molecule has 168 valence electrons. The molecule has 0 spiro atoms. The summed E-state index contributed by atoms with van der Waals surface area (Å²) in [7, 11) is 0. The van der Waals surface area contributed by atoms with Gasteiger partial charge in [0, 0.05) is 24.0 Å². The van der Waals surface area contributed by atoms with Crippen LogP contribution in [0.5, 0.6) is 0 Å². The molecule has 0 saturated heterocycles. The molecule has 33 heavy (non-hydrogen) atoms. The zero-order chi connectivity index (χ0) is 22.8. The molecular weight excluding hydrogens is 434 g/mol. The topological polar surface area (TPSA) is 84.2 Å². The van der Waals surface area contributed by atoms with Crippen LogP contribution in [0, 0.1) is 0 Å². The van der Waals surface area contributed by atoms with Crippen LogP contribution in [0.4, 0.5) is 17.7 Å². The van der Waals surface area contributed by atoms with Crippen molar-refractivity contribution in [1.29, 1.82) is 0 Å². The van der Waals surface area contributed by atoms with E-state index in [1.165, 1.54) is 0 Å². The molecule has 8 heteroatoms. The number of aromatic nitrogens is 3. The summed E-state index contributed by atoms with van der Waals surface area (Å²) in [6.07, 6.45) is 6.09. The van der Waals surface area contributed by atoms with Crippen LogP contribution < -0.4 is 10.2 Å². The maximum atomic E-state index is 12.3. The summed E-state index contributed by atoms with van der Waals surface area (Å²) < 4.78 is 6.14. The number of oxazole rings is 1. The number of nitrogens with zero attached hydrogens (tertiary/aromatic N) is 4. The van der Waals surface area contributed by atoms with Gasteiger partial charge in [-0.15, -0.1) is 11.3 Å². The van der Waals surface area contributed by atoms with E-state index in [9.17, 15) is 4.79 Å². The Morgan fingerprint density at radius 3 is 2.82 bits per heavy atom. The van der Waals surface area contributed by atoms with Crippen LogP contribution in [0.25, 0.3) is 21.9 Å². The molecule has 1 aliphatic carbocycles. The fourth-order valence-corrected chi connectivity index (χ4v) is 4.73. The van der Waals surface area contributed by atoms with E-state index < -0.39 is 5.54 Å². The maximum Gasteiger partial charge on any atom is 0.298 e. The number of carbonyl (C=O) groups excluding carboxylic acids is 1. The lowest BCUT2D eigenvalue weighted by Crippen LogP contribution is -2.43. The van der Waals surface area contributed by atoms with Crippen LogP contribution in [-0.2, 0) is 4.79 Å². The molecule has 1 fully saturated rings. The van der Waals surface area contributed by atoms with Gasteiger partial charge >= 0.3 is 0 Å². The van der Waals surface area contributed by atoms with Crippen molar-refractivity contribution in [3.63, 3.8) is 0 Å². The third-order valence-corrected chi connectivity index (χ3v) is 6.79. The quantitative estimate of drug-likeness (QED) is 0.331. The van der Waals surface area contributed by atoms with Gasteiger partial charge in [0.25, 0.3) is 6.01 Å². The molecule has 0 aliphatic heterocycles. The van der Waals surface area contributed by atoms with Gasteiger partial charge in [-0.05, 0) is 55.8 Å². The van der Waals surface area contributed by atoms with Gasteiger partial charge in [0.05, 0.1) is 16.8 Å². The Kier molecular flexibility index (Phi) is 5.68. The fraction of sp³-hybridized carbons (Fsp3) is 0.280. The summed E-state index contributed by atoms with van der Waals surface area (Å²) >= 11 is 1.64. The Labute approximate surface area is 196 Å². The molecule has 4 aromatic rings. The van der Waals surface area contributed by atoms with Crippen LogP contribution >= 0.6 is 11.3 Å². The first-order valence-electron chi connectivity index (χ1n) is 11.1. The summed E-state index contributed by atoms with van der Waals surface area (Å²) in [5.74, 6) is 1.36. The number of nitrogens with one attached hydrogen (secondary N) is 1. The van der Waals surface area contributed by atoms with Gasteiger partial charge in [0.1, 0.15) is 5.54 Å². The minimum Gasteiger partial charge on any atom is -0.423 e. The fourth-order valence-electron chi connectivity index (χ4n) is 4.03. The van der Waals surface area contributed by atoms with Crippen LogP contribution in [0.15, 0.2) is 64.7 Å². The zero-order valence-electron chi connectivity index (χ0n) is 18.6. The summed E-state index contributed by atoms with van der Waals surface area (Å²) in [6.45, 7) is 4.49.